The van der Waals surface area contributed by atoms with Crippen LogP contribution in [0.15, 0.2) is 36.4 Å². The van der Waals surface area contributed by atoms with Crippen LogP contribution in [0.5, 0.6) is 0 Å². The zero-order valence-corrected chi connectivity index (χ0v) is 16.2. The average Bonchev–Trinajstić information content (AvgIpc) is 2.76. The Kier molecular flexibility index (Phi) is 5.73. The summed E-state index contributed by atoms with van der Waals surface area (Å²) >= 11 is 0. The van der Waals surface area contributed by atoms with Gasteiger partial charge in [0, 0.05) is 23.1 Å². The van der Waals surface area contributed by atoms with Crippen molar-refractivity contribution in [2.24, 2.45) is 0 Å². The molecular formula is C21H21NO9. The first kappa shape index (κ1) is 21.3. The summed E-state index contributed by atoms with van der Waals surface area (Å²) in [5, 5.41) is 39.9. The van der Waals surface area contributed by atoms with Gasteiger partial charge < -0.3 is 29.9 Å². The highest BCUT2D eigenvalue weighted by atomic mass is 16.7. The molecule has 2 aromatic carbocycles. The van der Waals surface area contributed by atoms with Crippen molar-refractivity contribution in [1.82, 2.24) is 4.90 Å². The van der Waals surface area contributed by atoms with E-state index in [4.69, 9.17) is 14.6 Å². The van der Waals surface area contributed by atoms with Crippen LogP contribution in [-0.2, 0) is 14.3 Å². The van der Waals surface area contributed by atoms with E-state index in [1.807, 2.05) is 12.1 Å². The van der Waals surface area contributed by atoms with Gasteiger partial charge in [-0.2, -0.15) is 0 Å². The zero-order chi connectivity index (χ0) is 22.3. The van der Waals surface area contributed by atoms with Crippen molar-refractivity contribution >= 4 is 28.6 Å². The molecule has 0 unspecified atom stereocenters. The van der Waals surface area contributed by atoms with Gasteiger partial charge in [-0.3, -0.25) is 14.5 Å². The van der Waals surface area contributed by atoms with Gasteiger partial charge in [-0.15, -0.1) is 0 Å². The number of amides is 2. The van der Waals surface area contributed by atoms with Crippen LogP contribution in [0.4, 0.5) is 0 Å². The molecule has 5 atom stereocenters. The predicted molar refractivity (Wildman–Crippen MR) is 104 cm³/mol. The minimum Gasteiger partial charge on any atom is -0.479 e. The van der Waals surface area contributed by atoms with E-state index in [9.17, 15) is 29.7 Å². The van der Waals surface area contributed by atoms with E-state index in [0.29, 0.717) is 16.5 Å². The summed E-state index contributed by atoms with van der Waals surface area (Å²) in [7, 11) is 0. The lowest BCUT2D eigenvalue weighted by Gasteiger charge is -2.38. The number of carbonyl (C=O) groups is 3. The molecule has 0 aliphatic carbocycles. The van der Waals surface area contributed by atoms with Crippen molar-refractivity contribution in [3.8, 4) is 0 Å². The number of hydrogen-bond acceptors (Lipinski definition) is 8. The van der Waals surface area contributed by atoms with Crippen molar-refractivity contribution in [2.75, 3.05) is 13.2 Å². The lowest BCUT2D eigenvalue weighted by Crippen LogP contribution is -2.60. The van der Waals surface area contributed by atoms with Gasteiger partial charge >= 0.3 is 5.97 Å². The van der Waals surface area contributed by atoms with Crippen LogP contribution in [0, 0.1) is 0 Å². The molecule has 1 saturated heterocycles. The minimum absolute atomic E-state index is 0.0265. The van der Waals surface area contributed by atoms with Gasteiger partial charge in [-0.25, -0.2) is 4.79 Å². The molecule has 0 radical (unpaired) electrons. The fourth-order valence-electron chi connectivity index (χ4n) is 3.90. The van der Waals surface area contributed by atoms with Gasteiger partial charge in [0.05, 0.1) is 6.61 Å². The van der Waals surface area contributed by atoms with Crippen LogP contribution < -0.4 is 0 Å². The Morgan fingerprint density at radius 2 is 1.58 bits per heavy atom. The van der Waals surface area contributed by atoms with Crippen molar-refractivity contribution < 1.29 is 44.3 Å². The van der Waals surface area contributed by atoms with Crippen LogP contribution >= 0.6 is 0 Å². The van der Waals surface area contributed by atoms with Crippen molar-refractivity contribution in [2.45, 2.75) is 37.1 Å². The molecule has 4 rings (SSSR count). The molecule has 10 nitrogen and oxygen atoms in total. The van der Waals surface area contributed by atoms with Crippen LogP contribution in [-0.4, -0.2) is 87.0 Å². The predicted octanol–water partition coefficient (Wildman–Crippen LogP) is -0.265. The molecule has 164 valence electrons. The third-order valence-electron chi connectivity index (χ3n) is 5.48. The Labute approximate surface area is 176 Å². The maximum atomic E-state index is 12.8. The first-order valence-corrected chi connectivity index (χ1v) is 9.73. The Morgan fingerprint density at radius 1 is 0.968 bits per heavy atom. The molecule has 2 amide bonds. The second-order valence-corrected chi connectivity index (χ2v) is 7.43. The van der Waals surface area contributed by atoms with Crippen molar-refractivity contribution in [1.29, 1.82) is 0 Å². The van der Waals surface area contributed by atoms with E-state index in [0.717, 1.165) is 10.3 Å². The summed E-state index contributed by atoms with van der Waals surface area (Å²) in [6.45, 7) is -0.0709. The Hall–Kier alpha value is -2.89. The molecule has 1 fully saturated rings. The van der Waals surface area contributed by atoms with E-state index in [2.05, 4.69) is 0 Å². The van der Waals surface area contributed by atoms with E-state index in [1.54, 1.807) is 24.3 Å². The summed E-state index contributed by atoms with van der Waals surface area (Å²) < 4.78 is 10.4. The second kappa shape index (κ2) is 8.33. The Bertz CT molecular complexity index is 988. The number of carbonyl (C=O) groups excluding carboxylic acids is 2. The maximum absolute atomic E-state index is 12.8. The molecule has 4 N–H and O–H groups in total. The van der Waals surface area contributed by atoms with Crippen molar-refractivity contribution in [3.05, 3.63) is 47.5 Å². The summed E-state index contributed by atoms with van der Waals surface area (Å²) in [6, 6.07) is 10.5. The second-order valence-electron chi connectivity index (χ2n) is 7.43. The summed E-state index contributed by atoms with van der Waals surface area (Å²) in [5.74, 6) is -2.36. The van der Waals surface area contributed by atoms with Gasteiger partial charge in [0.2, 0.25) is 0 Å². The monoisotopic (exact) mass is 431 g/mol. The largest absolute Gasteiger partial charge is 0.479 e. The molecule has 0 spiro atoms. The first-order valence-electron chi connectivity index (χ1n) is 9.73. The Balaban J connectivity index is 1.40. The van der Waals surface area contributed by atoms with Crippen LogP contribution in [0.25, 0.3) is 10.8 Å². The third-order valence-corrected chi connectivity index (χ3v) is 5.48. The molecule has 2 aliphatic heterocycles. The average molecular weight is 431 g/mol. The molecule has 0 aromatic heterocycles. The van der Waals surface area contributed by atoms with Gasteiger partial charge in [0.1, 0.15) is 18.3 Å². The number of aliphatic hydroxyl groups is 3. The zero-order valence-electron chi connectivity index (χ0n) is 16.2. The van der Waals surface area contributed by atoms with E-state index in [-0.39, 0.29) is 19.6 Å². The molecule has 10 heteroatoms. The van der Waals surface area contributed by atoms with Gasteiger partial charge in [0.15, 0.2) is 12.4 Å². The fourth-order valence-corrected chi connectivity index (χ4v) is 3.90. The lowest BCUT2D eigenvalue weighted by atomic mass is 9.94. The first-order chi connectivity index (χ1) is 14.8. The number of carboxylic acids is 1. The highest BCUT2D eigenvalue weighted by molar-refractivity contribution is 6.25. The van der Waals surface area contributed by atoms with Gasteiger partial charge in [0.25, 0.3) is 11.8 Å². The lowest BCUT2D eigenvalue weighted by molar-refractivity contribution is -0.294. The van der Waals surface area contributed by atoms with Crippen molar-refractivity contribution in [3.63, 3.8) is 0 Å². The maximum Gasteiger partial charge on any atom is 0.335 e. The Morgan fingerprint density at radius 3 is 2.16 bits per heavy atom. The number of aliphatic carboxylic acids is 1. The number of carboxylic acid groups (broad SMARTS) is 1. The standard InChI is InChI=1S/C21H21NO9/c23-14-15(24)17(20(28)29)31-21(16(14)25)30-9-3-8-22-18(26)11-6-1-4-10-5-2-7-12(13(10)11)19(22)27/h1-2,4-7,14-17,21,23-25H,3,8-9H2,(H,28,29)/t14-,15-,16+,17-,21-/m0/s1. The quantitative estimate of drug-likeness (QED) is 0.358. The summed E-state index contributed by atoms with van der Waals surface area (Å²) in [6.07, 6.45) is -8.29. The fraction of sp³-hybridized carbons (Fsp3) is 0.381. The summed E-state index contributed by atoms with van der Waals surface area (Å²) in [5.41, 5.74) is 0.863. The SMILES string of the molecule is O=C(O)[C@H]1O[C@H](OCCCN2C(=O)c3cccc4cccc(c34)C2=O)[C@H](O)[C@@H](O)[C@@H]1O. The van der Waals surface area contributed by atoms with E-state index >= 15 is 0 Å². The normalized spacial score (nSPS) is 28.2. The molecule has 31 heavy (non-hydrogen) atoms. The van der Waals surface area contributed by atoms with Gasteiger partial charge in [-0.1, -0.05) is 24.3 Å². The highest BCUT2D eigenvalue weighted by Gasteiger charge is 2.47. The van der Waals surface area contributed by atoms with Crippen LogP contribution in [0.2, 0.25) is 0 Å². The smallest absolute Gasteiger partial charge is 0.335 e. The molecule has 2 heterocycles. The number of hydrogen-bond donors (Lipinski definition) is 4. The number of aliphatic hydroxyl groups excluding tert-OH is 3. The molecule has 2 aliphatic rings. The topological polar surface area (TPSA) is 154 Å². The minimum atomic E-state index is -1.81. The number of ether oxygens (including phenoxy) is 2. The van der Waals surface area contributed by atoms with E-state index in [1.165, 1.54) is 0 Å². The number of imide groups is 1. The molecular weight excluding hydrogens is 410 g/mol. The number of nitrogens with zero attached hydrogens (tertiary/aromatic N) is 1. The van der Waals surface area contributed by atoms with Crippen LogP contribution in [0.3, 0.4) is 0 Å². The number of rotatable bonds is 6. The van der Waals surface area contributed by atoms with Crippen LogP contribution in [0.1, 0.15) is 27.1 Å². The molecule has 2 aromatic rings. The molecule has 0 saturated carbocycles. The van der Waals surface area contributed by atoms with Gasteiger partial charge in [-0.05, 0) is 23.9 Å². The third kappa shape index (κ3) is 3.68. The molecule has 0 bridgehead atoms. The summed E-state index contributed by atoms with van der Waals surface area (Å²) in [4.78, 5) is 37.9. The number of benzene rings is 2. The van der Waals surface area contributed by atoms with E-state index < -0.39 is 48.5 Å². The highest BCUT2D eigenvalue weighted by Crippen LogP contribution is 2.30.